The van der Waals surface area contributed by atoms with Crippen molar-refractivity contribution in [3.63, 3.8) is 0 Å². The number of hydrogen-bond acceptors (Lipinski definition) is 4. The summed E-state index contributed by atoms with van der Waals surface area (Å²) in [7, 11) is 0. The van der Waals surface area contributed by atoms with Gasteiger partial charge in [0.05, 0.1) is 11.8 Å². The summed E-state index contributed by atoms with van der Waals surface area (Å²) in [4.78, 5) is 0. The predicted molar refractivity (Wildman–Crippen MR) is 75.9 cm³/mol. The summed E-state index contributed by atoms with van der Waals surface area (Å²) >= 11 is 1.83. The highest BCUT2D eigenvalue weighted by Crippen LogP contribution is 2.27. The molecule has 1 aliphatic rings. The van der Waals surface area contributed by atoms with Gasteiger partial charge < -0.3 is 10.4 Å². The Morgan fingerprint density at radius 1 is 1.56 bits per heavy atom. The summed E-state index contributed by atoms with van der Waals surface area (Å²) in [6, 6.07) is 0. The molecule has 5 heteroatoms. The minimum atomic E-state index is -0.518. The van der Waals surface area contributed by atoms with E-state index < -0.39 is 5.60 Å². The minimum absolute atomic E-state index is 0.0770. The van der Waals surface area contributed by atoms with Gasteiger partial charge in [-0.05, 0) is 12.2 Å². The van der Waals surface area contributed by atoms with Crippen LogP contribution in [0, 0.1) is 0 Å². The van der Waals surface area contributed by atoms with Crippen molar-refractivity contribution < 1.29 is 5.11 Å². The third-order valence-electron chi connectivity index (χ3n) is 3.32. The average molecular weight is 269 g/mol. The molecule has 1 unspecified atom stereocenters. The monoisotopic (exact) mass is 269 g/mol. The molecule has 1 fully saturated rings. The molecule has 3 N–H and O–H groups in total. The fourth-order valence-electron chi connectivity index (χ4n) is 2.26. The molecule has 2 rings (SSSR count). The summed E-state index contributed by atoms with van der Waals surface area (Å²) in [5.41, 5.74) is 1.92. The van der Waals surface area contributed by atoms with E-state index in [1.165, 1.54) is 11.3 Å². The quantitative estimate of drug-likeness (QED) is 0.778. The van der Waals surface area contributed by atoms with Crippen LogP contribution in [0.4, 0.5) is 0 Å². The molecule has 1 atom stereocenters. The normalized spacial score (nSPS) is 24.7. The lowest BCUT2D eigenvalue weighted by Gasteiger charge is -2.23. The molecule has 1 aliphatic heterocycles. The predicted octanol–water partition coefficient (Wildman–Crippen LogP) is 1.66. The van der Waals surface area contributed by atoms with E-state index in [-0.39, 0.29) is 5.41 Å². The van der Waals surface area contributed by atoms with Crippen LogP contribution in [0.3, 0.4) is 0 Å². The fraction of sp³-hybridized carbons (Fsp3) is 0.769. The zero-order valence-corrected chi connectivity index (χ0v) is 12.2. The van der Waals surface area contributed by atoms with E-state index in [4.69, 9.17) is 0 Å². The van der Waals surface area contributed by atoms with Gasteiger partial charge in [-0.2, -0.15) is 16.9 Å². The molecule has 0 aliphatic carbocycles. The Morgan fingerprint density at radius 2 is 2.33 bits per heavy atom. The zero-order chi connectivity index (χ0) is 13.2. The van der Waals surface area contributed by atoms with E-state index in [0.717, 1.165) is 24.5 Å². The molecule has 0 spiro atoms. The lowest BCUT2D eigenvalue weighted by molar-refractivity contribution is 0.0674. The Labute approximate surface area is 113 Å². The maximum Gasteiger partial charge on any atom is 0.0869 e. The van der Waals surface area contributed by atoms with Gasteiger partial charge in [0.15, 0.2) is 0 Å². The number of thioether (sulfide) groups is 1. The topological polar surface area (TPSA) is 60.9 Å². The first-order chi connectivity index (χ1) is 8.41. The molecule has 0 aromatic carbocycles. The standard InChI is InChI=1S/C13H23N3OS/c1-12(2,3)11-10(7-15-16-11)6-14-8-13(17)4-5-18-9-13/h7,14,17H,4-6,8-9H2,1-3H3,(H,15,16). The van der Waals surface area contributed by atoms with Gasteiger partial charge in [-0.15, -0.1) is 0 Å². The number of rotatable bonds is 4. The van der Waals surface area contributed by atoms with Crippen LogP contribution in [0.1, 0.15) is 38.4 Å². The maximum atomic E-state index is 10.2. The van der Waals surface area contributed by atoms with Crippen LogP contribution in [-0.4, -0.2) is 39.0 Å². The SMILES string of the molecule is CC(C)(C)c1[nH]ncc1CNCC1(O)CCSC1. The number of aromatic nitrogens is 2. The third kappa shape index (κ3) is 3.28. The smallest absolute Gasteiger partial charge is 0.0869 e. The van der Waals surface area contributed by atoms with E-state index >= 15 is 0 Å². The van der Waals surface area contributed by atoms with Crippen molar-refractivity contribution in [2.45, 2.75) is 44.8 Å². The highest BCUT2D eigenvalue weighted by Gasteiger charge is 2.31. The van der Waals surface area contributed by atoms with Gasteiger partial charge in [0, 0.05) is 35.5 Å². The molecule has 18 heavy (non-hydrogen) atoms. The van der Waals surface area contributed by atoms with E-state index in [1.54, 1.807) is 0 Å². The van der Waals surface area contributed by atoms with Crippen molar-refractivity contribution in [1.29, 1.82) is 0 Å². The van der Waals surface area contributed by atoms with Gasteiger partial charge in [-0.25, -0.2) is 0 Å². The third-order valence-corrected chi connectivity index (χ3v) is 4.55. The van der Waals surface area contributed by atoms with Gasteiger partial charge in [-0.1, -0.05) is 20.8 Å². The molecule has 2 heterocycles. The molecule has 0 bridgehead atoms. The number of aromatic amines is 1. The van der Waals surface area contributed by atoms with E-state index in [2.05, 4.69) is 36.3 Å². The molecule has 1 aromatic heterocycles. The Balaban J connectivity index is 1.89. The van der Waals surface area contributed by atoms with Crippen molar-refractivity contribution in [3.05, 3.63) is 17.5 Å². The average Bonchev–Trinajstić information content (AvgIpc) is 2.86. The van der Waals surface area contributed by atoms with Crippen LogP contribution >= 0.6 is 11.8 Å². The minimum Gasteiger partial charge on any atom is -0.388 e. The second-order valence-electron chi connectivity index (χ2n) is 6.15. The first-order valence-electron chi connectivity index (χ1n) is 6.44. The summed E-state index contributed by atoms with van der Waals surface area (Å²) < 4.78 is 0. The molecule has 1 saturated heterocycles. The van der Waals surface area contributed by atoms with Crippen LogP contribution in [-0.2, 0) is 12.0 Å². The summed E-state index contributed by atoms with van der Waals surface area (Å²) in [5, 5.41) is 20.8. The van der Waals surface area contributed by atoms with Crippen LogP contribution in [0.15, 0.2) is 6.20 Å². The number of H-pyrrole nitrogens is 1. The van der Waals surface area contributed by atoms with Crippen molar-refractivity contribution in [1.82, 2.24) is 15.5 Å². The fourth-order valence-corrected chi connectivity index (χ4v) is 3.56. The van der Waals surface area contributed by atoms with Gasteiger partial charge in [0.2, 0.25) is 0 Å². The van der Waals surface area contributed by atoms with Crippen molar-refractivity contribution in [3.8, 4) is 0 Å². The molecular formula is C13H23N3OS. The second kappa shape index (κ2) is 5.23. The number of nitrogens with one attached hydrogen (secondary N) is 2. The number of hydrogen-bond donors (Lipinski definition) is 3. The van der Waals surface area contributed by atoms with Crippen molar-refractivity contribution in [2.75, 3.05) is 18.1 Å². The second-order valence-corrected chi connectivity index (χ2v) is 7.26. The van der Waals surface area contributed by atoms with Gasteiger partial charge in [0.1, 0.15) is 0 Å². The van der Waals surface area contributed by atoms with Crippen LogP contribution < -0.4 is 5.32 Å². The Hall–Kier alpha value is -0.520. The number of aliphatic hydroxyl groups is 1. The molecular weight excluding hydrogens is 246 g/mol. The highest BCUT2D eigenvalue weighted by molar-refractivity contribution is 7.99. The largest absolute Gasteiger partial charge is 0.388 e. The molecule has 0 radical (unpaired) electrons. The van der Waals surface area contributed by atoms with E-state index in [1.807, 2.05) is 18.0 Å². The number of nitrogens with zero attached hydrogens (tertiary/aromatic N) is 1. The van der Waals surface area contributed by atoms with Crippen LogP contribution in [0.5, 0.6) is 0 Å². The van der Waals surface area contributed by atoms with Crippen molar-refractivity contribution >= 4 is 11.8 Å². The zero-order valence-electron chi connectivity index (χ0n) is 11.4. The van der Waals surface area contributed by atoms with Gasteiger partial charge in [0.25, 0.3) is 0 Å². The lowest BCUT2D eigenvalue weighted by atomic mass is 9.89. The van der Waals surface area contributed by atoms with E-state index in [0.29, 0.717) is 6.54 Å². The van der Waals surface area contributed by atoms with Crippen molar-refractivity contribution in [2.24, 2.45) is 0 Å². The molecule has 0 saturated carbocycles. The first kappa shape index (κ1) is 13.9. The first-order valence-corrected chi connectivity index (χ1v) is 7.60. The Kier molecular flexibility index (Phi) is 4.04. The lowest BCUT2D eigenvalue weighted by Crippen LogP contribution is -2.40. The van der Waals surface area contributed by atoms with E-state index in [9.17, 15) is 5.11 Å². The highest BCUT2D eigenvalue weighted by atomic mass is 32.2. The maximum absolute atomic E-state index is 10.2. The summed E-state index contributed by atoms with van der Waals surface area (Å²) in [5.74, 6) is 1.91. The van der Waals surface area contributed by atoms with Gasteiger partial charge >= 0.3 is 0 Å². The Bertz CT molecular complexity index is 391. The molecule has 1 aromatic rings. The molecule has 0 amide bonds. The summed E-state index contributed by atoms with van der Waals surface area (Å²) in [6.07, 6.45) is 2.77. The molecule has 4 nitrogen and oxygen atoms in total. The summed E-state index contributed by atoms with van der Waals surface area (Å²) in [6.45, 7) is 7.94. The van der Waals surface area contributed by atoms with Crippen LogP contribution in [0.25, 0.3) is 0 Å². The Morgan fingerprint density at radius 3 is 2.94 bits per heavy atom. The molecule has 102 valence electrons. The van der Waals surface area contributed by atoms with Gasteiger partial charge in [-0.3, -0.25) is 5.10 Å². The van der Waals surface area contributed by atoms with Crippen LogP contribution in [0.2, 0.25) is 0 Å².